The van der Waals surface area contributed by atoms with Crippen LogP contribution in [0.1, 0.15) is 212 Å². The molecule has 5 radical (unpaired) electrons. The van der Waals surface area contributed by atoms with Crippen molar-refractivity contribution >= 4 is 75.3 Å². The summed E-state index contributed by atoms with van der Waals surface area (Å²) in [6.45, 7) is 39.5. The Balaban J connectivity index is -0.000000407. The number of aliphatic hydroxyl groups is 5. The zero-order valence-electron chi connectivity index (χ0n) is 71.2. The van der Waals surface area contributed by atoms with Crippen LogP contribution in [0.15, 0.2) is 218 Å². The van der Waals surface area contributed by atoms with Crippen molar-refractivity contribution in [3.05, 3.63) is 251 Å². The molecule has 20 nitrogen and oxygen atoms in total. The average molecular weight is 2520 g/mol. The van der Waals surface area contributed by atoms with Crippen LogP contribution in [0.2, 0.25) is 0 Å². The minimum absolute atomic E-state index is 0. The average Bonchev–Trinajstić information content (AvgIpc) is 0.763. The summed E-state index contributed by atoms with van der Waals surface area (Å²) in [7, 11) is 0. The summed E-state index contributed by atoms with van der Waals surface area (Å²) in [4.78, 5) is 98.8. The predicted molar refractivity (Wildman–Crippen MR) is 452 cm³/mol. The SMILES string of the molecule is CC(=[OH+])C=C(C)O.CC(=[OH+])C=C(C)O.CC(=[OH+])C=C(C)O.CC(=[OH+])C=C(C)O.CC(=[OH+])C=C(C)O.CC1(C)CCC(=O)N=C1c1[c-]cccc1.CC1(C)N=C(c2[c-]cccc2)C(C)(C)C(=O)O1.CC1(C)N=C(c2[c-]cccc2)C(C)(C)OC1=O.CCC1(C)C=CC(c2[c-]cccc2)=NC1.FC1(F)CCCN=C1c1[c-]cccc1.[Ir].[Ir].[Ir].[Ir].[Ir]. The zero-order chi connectivity index (χ0) is 86.3. The van der Waals surface area contributed by atoms with Crippen molar-refractivity contribution in [3.63, 3.8) is 0 Å². The molecule has 27 heteroatoms. The molecule has 0 saturated carbocycles. The van der Waals surface area contributed by atoms with Gasteiger partial charge in [-0.3, -0.25) is 43.5 Å². The number of esters is 2. The molecule has 10 N–H and O–H groups in total. The van der Waals surface area contributed by atoms with Gasteiger partial charge in [-0.25, -0.2) is 13.6 Å². The number of hydrogen-bond acceptors (Lipinski definition) is 14. The second kappa shape index (κ2) is 57.2. The number of ketones is 5. The molecule has 5 aromatic carbocycles. The number of aliphatic imine (C=N–C) groups is 5. The summed E-state index contributed by atoms with van der Waals surface area (Å²) in [6.07, 6.45) is 13.7. The fraction of sp³-hybridized carbons (Fsp3) is 0.396. The number of allylic oxidation sites excluding steroid dienone is 11. The van der Waals surface area contributed by atoms with Crippen LogP contribution in [0.3, 0.4) is 0 Å². The van der Waals surface area contributed by atoms with E-state index >= 15 is 0 Å². The van der Waals surface area contributed by atoms with E-state index in [2.05, 4.69) is 101 Å². The van der Waals surface area contributed by atoms with Crippen LogP contribution in [0.25, 0.3) is 0 Å². The molecule has 10 rings (SSSR count). The van der Waals surface area contributed by atoms with Gasteiger partial charge < -0.3 is 50.0 Å². The van der Waals surface area contributed by atoms with E-state index in [1.165, 1.54) is 99.6 Å². The number of halogens is 2. The van der Waals surface area contributed by atoms with Gasteiger partial charge in [0.25, 0.3) is 5.92 Å². The van der Waals surface area contributed by atoms with E-state index in [1.807, 2.05) is 119 Å². The molecule has 5 aromatic rings. The van der Waals surface area contributed by atoms with Gasteiger partial charge in [0, 0.05) is 143 Å². The van der Waals surface area contributed by atoms with Crippen LogP contribution in [0, 0.1) is 46.6 Å². The summed E-state index contributed by atoms with van der Waals surface area (Å²) in [5.41, 5.74) is 4.66. The Morgan fingerprint density at radius 1 is 0.458 bits per heavy atom. The molecule has 5 aliphatic heterocycles. The fourth-order valence-electron chi connectivity index (χ4n) is 10.1. The molecule has 0 bridgehead atoms. The van der Waals surface area contributed by atoms with Gasteiger partial charge in [-0.05, 0) is 118 Å². The number of nitrogens with zero attached hydrogens (tertiary/aromatic N) is 5. The summed E-state index contributed by atoms with van der Waals surface area (Å²) >= 11 is 0. The molecule has 0 spiro atoms. The number of dihydropyridines is 1. The molecular formula is C91H117F2Ir5N5O15. The maximum absolute atomic E-state index is 13.4. The van der Waals surface area contributed by atoms with E-state index in [4.69, 9.17) is 59.0 Å². The van der Waals surface area contributed by atoms with Crippen LogP contribution in [-0.2, 0) is 124 Å². The Labute approximate surface area is 763 Å². The van der Waals surface area contributed by atoms with Gasteiger partial charge in [-0.2, -0.15) is 0 Å². The van der Waals surface area contributed by atoms with Crippen LogP contribution in [-0.4, -0.2) is 161 Å². The Kier molecular flexibility index (Phi) is 57.5. The number of amides is 1. The first-order valence-corrected chi connectivity index (χ1v) is 36.6. The quantitative estimate of drug-likeness (QED) is 0.0273. The molecule has 5 heterocycles. The Morgan fingerprint density at radius 3 is 1.11 bits per heavy atom. The zero-order valence-corrected chi connectivity index (χ0v) is 83.2. The summed E-state index contributed by atoms with van der Waals surface area (Å²) in [5, 5.41) is 42.0. The molecular weight excluding hydrogens is 2400 g/mol. The fourth-order valence-corrected chi connectivity index (χ4v) is 10.1. The maximum Gasteiger partial charge on any atom is 0.332 e. The maximum atomic E-state index is 13.4. The van der Waals surface area contributed by atoms with E-state index in [9.17, 15) is 23.2 Å². The molecule has 655 valence electrons. The van der Waals surface area contributed by atoms with Gasteiger partial charge in [-0.1, -0.05) is 53.7 Å². The number of alkyl halides is 2. The number of benzene rings is 5. The van der Waals surface area contributed by atoms with E-state index < -0.39 is 28.2 Å². The molecule has 0 aliphatic carbocycles. The number of carbonyl (C=O) groups is 3. The predicted octanol–water partition coefficient (Wildman–Crippen LogP) is 18.6. The van der Waals surface area contributed by atoms with Gasteiger partial charge in [0.15, 0.2) is 5.72 Å². The number of aliphatic hydroxyl groups excluding tert-OH is 5. The molecule has 0 aromatic heterocycles. The second-order valence-corrected chi connectivity index (χ2v) is 29.7. The molecule has 0 fully saturated rings. The van der Waals surface area contributed by atoms with Crippen molar-refractivity contribution in [2.75, 3.05) is 13.1 Å². The molecule has 0 saturated heterocycles. The first-order valence-electron chi connectivity index (χ1n) is 36.6. The van der Waals surface area contributed by atoms with E-state index in [0.717, 1.165) is 64.5 Å². The van der Waals surface area contributed by atoms with Gasteiger partial charge in [0.2, 0.25) is 5.91 Å². The van der Waals surface area contributed by atoms with Gasteiger partial charge in [-0.15, -0.1) is 179 Å². The standard InChI is InChI=1S/2C14H16NO2.C14H16N.C13H14NO.C11H10F2N.5C5H8O2.5Ir/c1-13(2)12(16)17-14(3,4)11(15-13)10-8-6-5-7-9-10;1-13(2)11(10-8-6-5-7-9-10)15-14(3,4)17-12(13)16;1-3-14(2)10-9-13(15-11-14)12-7-5-4-6-8-12;1-13(2)9-8-11(15)14-12(13)10-6-4-3-5-7-10;12-11(13)7-4-8-14-10(11)9-5-2-1-3-6-9;5*1-4(6)3-5(2)7;;;;;/h2*5-8H,1-4H3;4-7,9-10H,3,11H2,1-2H3;3-6H,8-9H2,1-2H3;1-3,5H,4,7-8H2;5*3,6H,1-2H3;;;;;/q5*-1;;;;;;;;;;/p+5. The third kappa shape index (κ3) is 47.7. The summed E-state index contributed by atoms with van der Waals surface area (Å²) in [6, 6.07) is 52.9. The molecule has 1 amide bonds. The molecule has 1 unspecified atom stereocenters. The Morgan fingerprint density at radius 2 is 0.805 bits per heavy atom. The number of carbonyl (C=O) groups excluding carboxylic acids is 8. The van der Waals surface area contributed by atoms with Crippen LogP contribution >= 0.6 is 0 Å². The van der Waals surface area contributed by atoms with Crippen molar-refractivity contribution in [3.8, 4) is 0 Å². The topological polar surface area (TPSA) is 340 Å². The first kappa shape index (κ1) is 118. The van der Waals surface area contributed by atoms with Gasteiger partial charge >= 0.3 is 40.9 Å². The van der Waals surface area contributed by atoms with Crippen molar-refractivity contribution in [1.82, 2.24) is 0 Å². The normalized spacial score (nSPS) is 17.7. The second-order valence-electron chi connectivity index (χ2n) is 29.7. The van der Waals surface area contributed by atoms with E-state index in [0.29, 0.717) is 24.9 Å². The monoisotopic (exact) mass is 2520 g/mol. The summed E-state index contributed by atoms with van der Waals surface area (Å²) < 4.78 is 37.6. The smallest absolute Gasteiger partial charge is 0.332 e. The van der Waals surface area contributed by atoms with Crippen LogP contribution < -0.4 is 0 Å². The number of ether oxygens (including phenoxy) is 2. The number of hydrogen-bond donors (Lipinski definition) is 5. The van der Waals surface area contributed by atoms with Crippen molar-refractivity contribution in [2.45, 2.75) is 207 Å². The third-order valence-electron chi connectivity index (χ3n) is 15.7. The molecule has 1 atom stereocenters. The number of cyclic esters (lactones) is 2. The van der Waals surface area contributed by atoms with Crippen molar-refractivity contribution in [1.29, 1.82) is 0 Å². The molecule has 5 aliphatic rings. The molecule has 118 heavy (non-hydrogen) atoms. The van der Waals surface area contributed by atoms with Crippen LogP contribution in [0.4, 0.5) is 8.78 Å². The minimum atomic E-state index is -2.78. The Bertz CT molecular complexity index is 4200. The minimum Gasteiger partial charge on any atom is -0.512 e. The van der Waals surface area contributed by atoms with Crippen molar-refractivity contribution < 1.29 is 183 Å². The summed E-state index contributed by atoms with van der Waals surface area (Å²) in [5.74, 6) is -2.08. The van der Waals surface area contributed by atoms with Gasteiger partial charge in [0.05, 0.1) is 99.2 Å². The largest absolute Gasteiger partial charge is 0.512 e. The Hall–Kier alpha value is -8.04. The third-order valence-corrected chi connectivity index (χ3v) is 15.7. The van der Waals surface area contributed by atoms with Crippen molar-refractivity contribution in [2.24, 2.45) is 41.2 Å². The van der Waals surface area contributed by atoms with E-state index in [-0.39, 0.29) is 199 Å². The van der Waals surface area contributed by atoms with Crippen LogP contribution in [0.5, 0.6) is 0 Å². The van der Waals surface area contributed by atoms with Gasteiger partial charge in [0.1, 0.15) is 11.1 Å². The number of rotatable bonds is 11. The van der Waals surface area contributed by atoms with E-state index in [1.54, 1.807) is 52.0 Å². The first-order chi connectivity index (χ1) is 52.3.